The SMILES string of the molecule is O=C(NC1CCCCC1)[C@@H](Cc1ccccc1)N(Cc1ccccc1Cl)C(=O)CSCc1ccc(Br)cc1. The average Bonchev–Trinajstić information content (AvgIpc) is 2.93. The van der Waals surface area contributed by atoms with Crippen molar-refractivity contribution in [1.29, 1.82) is 0 Å². The number of halogens is 2. The molecule has 0 radical (unpaired) electrons. The lowest BCUT2D eigenvalue weighted by Gasteiger charge is -2.33. The van der Waals surface area contributed by atoms with Gasteiger partial charge < -0.3 is 10.2 Å². The summed E-state index contributed by atoms with van der Waals surface area (Å²) in [5, 5.41) is 3.88. The van der Waals surface area contributed by atoms with Crippen LogP contribution in [-0.4, -0.2) is 34.6 Å². The Kier molecular flexibility index (Phi) is 11.2. The first-order valence-electron chi connectivity index (χ1n) is 13.2. The summed E-state index contributed by atoms with van der Waals surface area (Å²) < 4.78 is 1.03. The molecule has 1 N–H and O–H groups in total. The molecular formula is C31H34BrClN2O2S. The number of nitrogens with zero attached hydrogens (tertiary/aromatic N) is 1. The average molecular weight is 614 g/mol. The van der Waals surface area contributed by atoms with Gasteiger partial charge in [-0.1, -0.05) is 107 Å². The fourth-order valence-electron chi connectivity index (χ4n) is 4.83. The molecule has 4 nitrogen and oxygen atoms in total. The van der Waals surface area contributed by atoms with E-state index in [-0.39, 0.29) is 30.2 Å². The second-order valence-corrected chi connectivity index (χ2v) is 12.1. The molecule has 0 heterocycles. The Hall–Kier alpha value is -2.28. The number of thioether (sulfide) groups is 1. The summed E-state index contributed by atoms with van der Waals surface area (Å²) in [5.74, 6) is 0.852. The van der Waals surface area contributed by atoms with Crippen molar-refractivity contribution in [2.45, 2.75) is 62.9 Å². The second kappa shape index (κ2) is 14.8. The van der Waals surface area contributed by atoms with Gasteiger partial charge >= 0.3 is 0 Å². The van der Waals surface area contributed by atoms with E-state index in [9.17, 15) is 9.59 Å². The molecule has 0 unspecified atom stereocenters. The highest BCUT2D eigenvalue weighted by Crippen LogP contribution is 2.24. The number of hydrogen-bond donors (Lipinski definition) is 1. The van der Waals surface area contributed by atoms with E-state index in [4.69, 9.17) is 11.6 Å². The first kappa shape index (κ1) is 28.7. The zero-order valence-electron chi connectivity index (χ0n) is 21.5. The fourth-order valence-corrected chi connectivity index (χ4v) is 6.16. The lowest BCUT2D eigenvalue weighted by Crippen LogP contribution is -2.53. The highest BCUT2D eigenvalue weighted by atomic mass is 79.9. The Morgan fingerprint density at radius 2 is 1.61 bits per heavy atom. The van der Waals surface area contributed by atoms with Crippen LogP contribution in [0, 0.1) is 0 Å². The monoisotopic (exact) mass is 612 g/mol. The number of hydrogen-bond acceptors (Lipinski definition) is 3. The van der Waals surface area contributed by atoms with Gasteiger partial charge in [0.15, 0.2) is 0 Å². The number of carbonyl (C=O) groups is 2. The van der Waals surface area contributed by atoms with E-state index in [2.05, 4.69) is 33.4 Å². The van der Waals surface area contributed by atoms with Crippen molar-refractivity contribution >= 4 is 51.1 Å². The molecule has 3 aromatic rings. The molecule has 0 saturated heterocycles. The summed E-state index contributed by atoms with van der Waals surface area (Å²) in [4.78, 5) is 29.4. The van der Waals surface area contributed by atoms with Gasteiger partial charge in [-0.2, -0.15) is 0 Å². The zero-order valence-corrected chi connectivity index (χ0v) is 24.6. The molecule has 0 aliphatic heterocycles. The van der Waals surface area contributed by atoms with Crippen molar-refractivity contribution in [3.05, 3.63) is 105 Å². The maximum Gasteiger partial charge on any atom is 0.243 e. The van der Waals surface area contributed by atoms with Crippen molar-refractivity contribution in [2.24, 2.45) is 0 Å². The Bertz CT molecular complexity index is 1190. The summed E-state index contributed by atoms with van der Waals surface area (Å²) >= 11 is 11.6. The normalized spacial score (nSPS) is 14.6. The van der Waals surface area contributed by atoms with Crippen LogP contribution in [0.2, 0.25) is 5.02 Å². The van der Waals surface area contributed by atoms with Gasteiger partial charge in [0.05, 0.1) is 5.75 Å². The Morgan fingerprint density at radius 1 is 0.921 bits per heavy atom. The van der Waals surface area contributed by atoms with Crippen LogP contribution < -0.4 is 5.32 Å². The number of benzene rings is 3. The summed E-state index contributed by atoms with van der Waals surface area (Å²) in [5.41, 5.74) is 3.01. The van der Waals surface area contributed by atoms with Gasteiger partial charge in [0.25, 0.3) is 0 Å². The third-order valence-corrected chi connectivity index (χ3v) is 8.81. The molecule has 1 aliphatic rings. The molecule has 3 aromatic carbocycles. The van der Waals surface area contributed by atoms with E-state index in [1.165, 1.54) is 6.42 Å². The predicted octanol–water partition coefficient (Wildman–Crippen LogP) is 7.42. The lowest BCUT2D eigenvalue weighted by molar-refractivity contribution is -0.139. The Morgan fingerprint density at radius 3 is 2.32 bits per heavy atom. The van der Waals surface area contributed by atoms with Crippen LogP contribution in [0.5, 0.6) is 0 Å². The molecule has 0 spiro atoms. The topological polar surface area (TPSA) is 49.4 Å². The smallest absolute Gasteiger partial charge is 0.243 e. The van der Waals surface area contributed by atoms with Gasteiger partial charge in [-0.15, -0.1) is 11.8 Å². The van der Waals surface area contributed by atoms with Crippen LogP contribution in [0.4, 0.5) is 0 Å². The molecule has 2 amide bonds. The van der Waals surface area contributed by atoms with Crippen molar-refractivity contribution in [2.75, 3.05) is 5.75 Å². The highest BCUT2D eigenvalue weighted by molar-refractivity contribution is 9.10. The van der Waals surface area contributed by atoms with E-state index in [0.717, 1.165) is 52.6 Å². The van der Waals surface area contributed by atoms with E-state index in [0.29, 0.717) is 11.4 Å². The number of rotatable bonds is 11. The van der Waals surface area contributed by atoms with Crippen molar-refractivity contribution in [3.63, 3.8) is 0 Å². The standard InChI is InChI=1S/C31H34BrClN2O2S/c32-26-17-15-24(16-18-26)21-38-22-30(36)35(20-25-11-7-8-14-28(25)33)29(19-23-9-3-1-4-10-23)31(37)34-27-12-5-2-6-13-27/h1,3-4,7-11,14-18,27,29H,2,5-6,12-13,19-22H2,(H,34,37)/t29-/m1/s1. The van der Waals surface area contributed by atoms with Crippen molar-refractivity contribution in [1.82, 2.24) is 10.2 Å². The van der Waals surface area contributed by atoms with E-state index < -0.39 is 6.04 Å². The van der Waals surface area contributed by atoms with Crippen LogP contribution >= 0.6 is 39.3 Å². The quantitative estimate of drug-likeness (QED) is 0.245. The largest absolute Gasteiger partial charge is 0.352 e. The van der Waals surface area contributed by atoms with Gasteiger partial charge in [0.2, 0.25) is 11.8 Å². The van der Waals surface area contributed by atoms with Gasteiger partial charge in [-0.05, 0) is 47.7 Å². The third kappa shape index (κ3) is 8.62. The Labute approximate surface area is 243 Å². The predicted molar refractivity (Wildman–Crippen MR) is 161 cm³/mol. The van der Waals surface area contributed by atoms with Crippen LogP contribution in [0.3, 0.4) is 0 Å². The molecule has 4 rings (SSSR count). The van der Waals surface area contributed by atoms with Crippen molar-refractivity contribution in [3.8, 4) is 0 Å². The fraction of sp³-hybridized carbons (Fsp3) is 0.355. The maximum atomic E-state index is 13.8. The number of nitrogens with one attached hydrogen (secondary N) is 1. The lowest BCUT2D eigenvalue weighted by atomic mass is 9.94. The number of amides is 2. The Balaban J connectivity index is 1.56. The molecule has 1 aliphatic carbocycles. The van der Waals surface area contributed by atoms with Crippen LogP contribution in [-0.2, 0) is 28.3 Å². The van der Waals surface area contributed by atoms with Crippen molar-refractivity contribution < 1.29 is 9.59 Å². The van der Waals surface area contributed by atoms with Crippen LogP contribution in [0.25, 0.3) is 0 Å². The van der Waals surface area contributed by atoms with Gasteiger partial charge in [0, 0.05) is 34.3 Å². The minimum Gasteiger partial charge on any atom is -0.352 e. The van der Waals surface area contributed by atoms with E-state index >= 15 is 0 Å². The molecule has 1 fully saturated rings. The van der Waals surface area contributed by atoms with Gasteiger partial charge in [-0.3, -0.25) is 9.59 Å². The summed E-state index contributed by atoms with van der Waals surface area (Å²) in [7, 11) is 0. The minimum absolute atomic E-state index is 0.0632. The molecule has 200 valence electrons. The zero-order chi connectivity index (χ0) is 26.7. The molecule has 0 bridgehead atoms. The molecule has 7 heteroatoms. The summed E-state index contributed by atoms with van der Waals surface area (Å²) in [6.07, 6.45) is 5.91. The van der Waals surface area contributed by atoms with Crippen LogP contribution in [0.1, 0.15) is 48.8 Å². The second-order valence-electron chi connectivity index (χ2n) is 9.78. The van der Waals surface area contributed by atoms with Gasteiger partial charge in [-0.25, -0.2) is 0 Å². The first-order valence-corrected chi connectivity index (χ1v) is 15.5. The molecule has 38 heavy (non-hydrogen) atoms. The summed E-state index contributed by atoms with van der Waals surface area (Å²) in [6, 6.07) is 25.1. The number of carbonyl (C=O) groups excluding carboxylic acids is 2. The highest BCUT2D eigenvalue weighted by Gasteiger charge is 2.32. The first-order chi connectivity index (χ1) is 18.5. The maximum absolute atomic E-state index is 13.8. The van der Waals surface area contributed by atoms with E-state index in [1.807, 2.05) is 66.7 Å². The minimum atomic E-state index is -0.628. The molecule has 1 saturated carbocycles. The van der Waals surface area contributed by atoms with Gasteiger partial charge in [0.1, 0.15) is 6.04 Å². The molecule has 0 aromatic heterocycles. The van der Waals surface area contributed by atoms with Crippen LogP contribution in [0.15, 0.2) is 83.3 Å². The molecular weight excluding hydrogens is 580 g/mol. The summed E-state index contributed by atoms with van der Waals surface area (Å²) in [6.45, 7) is 0.285. The van der Waals surface area contributed by atoms with E-state index in [1.54, 1.807) is 16.7 Å². The molecule has 1 atom stereocenters. The third-order valence-electron chi connectivity index (χ3n) is 6.93.